The first-order valence-electron chi connectivity index (χ1n) is 12.4. The summed E-state index contributed by atoms with van der Waals surface area (Å²) >= 11 is 1.64. The van der Waals surface area contributed by atoms with E-state index in [-0.39, 0.29) is 12.6 Å². The molecule has 4 nitrogen and oxygen atoms in total. The number of rotatable bonds is 11. The summed E-state index contributed by atoms with van der Waals surface area (Å²) in [5.41, 5.74) is 2.84. The van der Waals surface area contributed by atoms with Gasteiger partial charge in [-0.2, -0.15) is 0 Å². The largest absolute Gasteiger partial charge is 0.493 e. The molecule has 0 aliphatic heterocycles. The number of hydrogen-bond acceptors (Lipinski definition) is 5. The molecule has 0 aromatic heterocycles. The first-order valence-corrected chi connectivity index (χ1v) is 13.2. The van der Waals surface area contributed by atoms with Crippen LogP contribution in [-0.2, 0) is 9.53 Å². The van der Waals surface area contributed by atoms with Crippen LogP contribution in [0.1, 0.15) is 50.3 Å². The predicted octanol–water partition coefficient (Wildman–Crippen LogP) is 7.30. The molecule has 0 radical (unpaired) electrons. The fraction of sp³-hybridized carbons (Fsp3) is 0.323. The third-order valence-corrected chi connectivity index (χ3v) is 6.64. The van der Waals surface area contributed by atoms with Gasteiger partial charge in [0.2, 0.25) is 0 Å². The minimum Gasteiger partial charge on any atom is -0.493 e. The Bertz CT molecular complexity index is 1190. The van der Waals surface area contributed by atoms with Crippen LogP contribution in [0.5, 0.6) is 11.5 Å². The summed E-state index contributed by atoms with van der Waals surface area (Å²) in [5.74, 6) is 8.20. The highest BCUT2D eigenvalue weighted by atomic mass is 32.2. The molecule has 0 saturated carbocycles. The molecule has 0 amide bonds. The maximum absolute atomic E-state index is 11.6. The van der Waals surface area contributed by atoms with Crippen molar-refractivity contribution in [1.82, 2.24) is 0 Å². The number of ether oxygens (including phenoxy) is 3. The summed E-state index contributed by atoms with van der Waals surface area (Å²) in [4.78, 5) is 13.7. The Labute approximate surface area is 219 Å². The zero-order valence-corrected chi connectivity index (χ0v) is 22.3. The number of esters is 1. The summed E-state index contributed by atoms with van der Waals surface area (Å²) in [5, 5.41) is 0. The minimum absolute atomic E-state index is 0.0967. The van der Waals surface area contributed by atoms with Crippen LogP contribution in [0.3, 0.4) is 0 Å². The number of carbonyl (C=O) groups is 1. The Morgan fingerprint density at radius 3 is 2.31 bits per heavy atom. The molecule has 0 saturated heterocycles. The Kier molecular flexibility index (Phi) is 10.8. The molecule has 0 heterocycles. The second-order valence-corrected chi connectivity index (χ2v) is 9.57. The molecule has 5 heteroatoms. The monoisotopic (exact) mass is 502 g/mol. The smallest absolute Gasteiger partial charge is 0.344 e. The van der Waals surface area contributed by atoms with Gasteiger partial charge in [-0.3, -0.25) is 0 Å². The van der Waals surface area contributed by atoms with Crippen LogP contribution in [0.4, 0.5) is 0 Å². The Morgan fingerprint density at radius 1 is 0.861 bits per heavy atom. The molecule has 36 heavy (non-hydrogen) atoms. The van der Waals surface area contributed by atoms with E-state index < -0.39 is 0 Å². The SMILES string of the molecule is CCOC(=O)COc1ccc(Sc2cc(C#Cc3ccccc3)cc(OCC(CC)CC)c2)cc1C. The van der Waals surface area contributed by atoms with Crippen LogP contribution >= 0.6 is 11.8 Å². The quantitative estimate of drug-likeness (QED) is 0.203. The van der Waals surface area contributed by atoms with E-state index in [1.807, 2.05) is 55.5 Å². The van der Waals surface area contributed by atoms with Gasteiger partial charge in [-0.25, -0.2) is 4.79 Å². The molecule has 0 bridgehead atoms. The molecule has 3 rings (SSSR count). The number of aryl methyl sites for hydroxylation is 1. The summed E-state index contributed by atoms with van der Waals surface area (Å²) in [7, 11) is 0. The molecule has 0 atom stereocenters. The average molecular weight is 503 g/mol. The van der Waals surface area contributed by atoms with E-state index in [2.05, 4.69) is 43.9 Å². The summed E-state index contributed by atoms with van der Waals surface area (Å²) < 4.78 is 16.7. The standard InChI is InChI=1S/C31H34O4S/c1-5-24(6-2)21-34-27-18-26(14-13-25-11-9-8-10-12-25)19-29(20-27)36-28-15-16-30(23(4)17-28)35-22-31(32)33-7-3/h8-12,15-20,24H,5-7,21-22H2,1-4H3. The van der Waals surface area contributed by atoms with Gasteiger partial charge in [-0.1, -0.05) is 68.5 Å². The Hall–Kier alpha value is -3.36. The number of hydrogen-bond donors (Lipinski definition) is 0. The van der Waals surface area contributed by atoms with Crippen LogP contribution < -0.4 is 9.47 Å². The Balaban J connectivity index is 1.80. The first-order chi connectivity index (χ1) is 17.5. The molecule has 3 aromatic rings. The van der Waals surface area contributed by atoms with E-state index in [1.54, 1.807) is 18.7 Å². The van der Waals surface area contributed by atoms with E-state index in [0.29, 0.717) is 24.9 Å². The van der Waals surface area contributed by atoms with Gasteiger partial charge in [0.15, 0.2) is 6.61 Å². The second kappa shape index (κ2) is 14.3. The highest BCUT2D eigenvalue weighted by Crippen LogP contribution is 2.34. The lowest BCUT2D eigenvalue weighted by atomic mass is 10.1. The molecule has 0 fully saturated rings. The van der Waals surface area contributed by atoms with Gasteiger partial charge in [-0.05, 0) is 73.9 Å². The molecule has 0 unspecified atom stereocenters. The number of carbonyl (C=O) groups excluding carboxylic acids is 1. The average Bonchev–Trinajstić information content (AvgIpc) is 2.88. The van der Waals surface area contributed by atoms with Crippen molar-refractivity contribution in [2.45, 2.75) is 50.3 Å². The maximum Gasteiger partial charge on any atom is 0.344 e. The van der Waals surface area contributed by atoms with E-state index >= 15 is 0 Å². The van der Waals surface area contributed by atoms with Crippen LogP contribution in [0.2, 0.25) is 0 Å². The second-order valence-electron chi connectivity index (χ2n) is 8.43. The van der Waals surface area contributed by atoms with Gasteiger partial charge >= 0.3 is 5.97 Å². The molecule has 3 aromatic carbocycles. The van der Waals surface area contributed by atoms with Crippen LogP contribution in [0, 0.1) is 24.7 Å². The zero-order valence-electron chi connectivity index (χ0n) is 21.5. The van der Waals surface area contributed by atoms with E-state index in [1.165, 1.54) is 0 Å². The molecule has 0 aliphatic carbocycles. The van der Waals surface area contributed by atoms with Crippen molar-refractivity contribution >= 4 is 17.7 Å². The molecular formula is C31H34O4S. The molecule has 0 spiro atoms. The van der Waals surface area contributed by atoms with Crippen molar-refractivity contribution in [2.75, 3.05) is 19.8 Å². The van der Waals surface area contributed by atoms with Crippen molar-refractivity contribution < 1.29 is 19.0 Å². The van der Waals surface area contributed by atoms with Crippen LogP contribution in [0.15, 0.2) is 76.5 Å². The van der Waals surface area contributed by atoms with Gasteiger partial charge in [0.05, 0.1) is 13.2 Å². The van der Waals surface area contributed by atoms with Crippen molar-refractivity contribution in [1.29, 1.82) is 0 Å². The van der Waals surface area contributed by atoms with Gasteiger partial charge in [0.1, 0.15) is 11.5 Å². The van der Waals surface area contributed by atoms with Crippen LogP contribution in [-0.4, -0.2) is 25.8 Å². The van der Waals surface area contributed by atoms with E-state index in [4.69, 9.17) is 14.2 Å². The zero-order chi connectivity index (χ0) is 25.8. The van der Waals surface area contributed by atoms with Crippen LogP contribution in [0.25, 0.3) is 0 Å². The maximum atomic E-state index is 11.6. The lowest BCUT2D eigenvalue weighted by Crippen LogP contribution is -2.14. The molecule has 0 aliphatic rings. The van der Waals surface area contributed by atoms with Crippen molar-refractivity contribution in [3.8, 4) is 23.3 Å². The third kappa shape index (κ3) is 8.70. The van der Waals surface area contributed by atoms with Gasteiger partial charge in [-0.15, -0.1) is 0 Å². The van der Waals surface area contributed by atoms with Crippen molar-refractivity contribution in [3.63, 3.8) is 0 Å². The summed E-state index contributed by atoms with van der Waals surface area (Å²) in [6.07, 6.45) is 2.19. The topological polar surface area (TPSA) is 44.8 Å². The summed E-state index contributed by atoms with van der Waals surface area (Å²) in [6.45, 7) is 9.08. The lowest BCUT2D eigenvalue weighted by Gasteiger charge is -2.15. The number of benzene rings is 3. The lowest BCUT2D eigenvalue weighted by molar-refractivity contribution is -0.145. The Morgan fingerprint density at radius 2 is 1.61 bits per heavy atom. The minimum atomic E-state index is -0.371. The molecular weight excluding hydrogens is 468 g/mol. The third-order valence-electron chi connectivity index (χ3n) is 5.68. The molecule has 188 valence electrons. The van der Waals surface area contributed by atoms with E-state index in [9.17, 15) is 4.79 Å². The van der Waals surface area contributed by atoms with Crippen molar-refractivity contribution in [3.05, 3.63) is 83.4 Å². The predicted molar refractivity (Wildman–Crippen MR) is 146 cm³/mol. The normalized spacial score (nSPS) is 10.5. The highest BCUT2D eigenvalue weighted by molar-refractivity contribution is 7.99. The van der Waals surface area contributed by atoms with Crippen molar-refractivity contribution in [2.24, 2.45) is 5.92 Å². The summed E-state index contributed by atoms with van der Waals surface area (Å²) in [6, 6.07) is 22.1. The van der Waals surface area contributed by atoms with Gasteiger partial charge in [0, 0.05) is 20.9 Å². The van der Waals surface area contributed by atoms with Gasteiger partial charge < -0.3 is 14.2 Å². The fourth-order valence-electron chi connectivity index (χ4n) is 3.51. The van der Waals surface area contributed by atoms with E-state index in [0.717, 1.165) is 45.1 Å². The van der Waals surface area contributed by atoms with Gasteiger partial charge in [0.25, 0.3) is 0 Å². The molecule has 0 N–H and O–H groups in total. The first kappa shape index (κ1) is 27.2. The highest BCUT2D eigenvalue weighted by Gasteiger charge is 2.10. The fourth-order valence-corrected chi connectivity index (χ4v) is 4.52.